The number of halogens is 1. The number of amides is 1. The monoisotopic (exact) mass is 289 g/mol. The summed E-state index contributed by atoms with van der Waals surface area (Å²) >= 11 is 3.60. The summed E-state index contributed by atoms with van der Waals surface area (Å²) in [5.74, 6) is 1.56. The van der Waals surface area contributed by atoms with Crippen LogP contribution in [-0.4, -0.2) is 17.3 Å². The summed E-state index contributed by atoms with van der Waals surface area (Å²) < 4.78 is 0. The minimum absolute atomic E-state index is 0.236. The van der Waals surface area contributed by atoms with Crippen LogP contribution >= 0.6 is 15.9 Å². The lowest BCUT2D eigenvalue weighted by Gasteiger charge is -2.14. The molecular formula is C13H24BrNO. The van der Waals surface area contributed by atoms with Crippen LogP contribution in [-0.2, 0) is 4.79 Å². The molecule has 1 amide bonds. The topological polar surface area (TPSA) is 29.1 Å². The Balaban J connectivity index is 2.09. The molecule has 1 rings (SSSR count). The molecule has 94 valence electrons. The Labute approximate surface area is 108 Å². The molecule has 1 atom stereocenters. The number of nitrogens with one attached hydrogen (secondary N) is 1. The van der Waals surface area contributed by atoms with Gasteiger partial charge in [-0.25, -0.2) is 0 Å². The van der Waals surface area contributed by atoms with Crippen molar-refractivity contribution in [2.75, 3.05) is 6.54 Å². The molecule has 1 aliphatic carbocycles. The summed E-state index contributed by atoms with van der Waals surface area (Å²) in [4.78, 5) is 12.1. The fourth-order valence-corrected chi connectivity index (χ4v) is 3.28. The highest BCUT2D eigenvalue weighted by Crippen LogP contribution is 2.27. The van der Waals surface area contributed by atoms with E-state index in [0.29, 0.717) is 16.7 Å². The van der Waals surface area contributed by atoms with Crippen LogP contribution in [0.3, 0.4) is 0 Å². The zero-order valence-electron chi connectivity index (χ0n) is 10.5. The lowest BCUT2D eigenvalue weighted by Crippen LogP contribution is -2.31. The number of rotatable bonds is 6. The third kappa shape index (κ3) is 5.88. The first-order valence-corrected chi connectivity index (χ1v) is 7.40. The van der Waals surface area contributed by atoms with Gasteiger partial charge < -0.3 is 5.32 Å². The number of carbonyl (C=O) groups is 1. The van der Waals surface area contributed by atoms with Crippen LogP contribution in [0.15, 0.2) is 0 Å². The van der Waals surface area contributed by atoms with Crippen molar-refractivity contribution in [3.63, 3.8) is 0 Å². The van der Waals surface area contributed by atoms with Gasteiger partial charge in [-0.15, -0.1) is 0 Å². The lowest BCUT2D eigenvalue weighted by molar-refractivity contribution is -0.121. The molecule has 1 N–H and O–H groups in total. The maximum Gasteiger partial charge on any atom is 0.220 e. The maximum atomic E-state index is 11.7. The molecule has 0 bridgehead atoms. The molecule has 0 aromatic heterocycles. The molecule has 16 heavy (non-hydrogen) atoms. The van der Waals surface area contributed by atoms with Gasteiger partial charge >= 0.3 is 0 Å². The van der Waals surface area contributed by atoms with Gasteiger partial charge in [0.1, 0.15) is 0 Å². The average molecular weight is 290 g/mol. The predicted octanol–water partition coefficient (Wildman–Crippen LogP) is 3.49. The molecule has 1 aliphatic rings. The molecule has 1 unspecified atom stereocenters. The molecule has 1 saturated carbocycles. The highest BCUT2D eigenvalue weighted by molar-refractivity contribution is 9.09. The molecule has 1 fully saturated rings. The molecular weight excluding hydrogens is 266 g/mol. The molecule has 0 spiro atoms. The van der Waals surface area contributed by atoms with E-state index in [1.165, 1.54) is 25.7 Å². The quantitative estimate of drug-likeness (QED) is 0.745. The summed E-state index contributed by atoms with van der Waals surface area (Å²) in [6, 6.07) is 0. The number of carbonyl (C=O) groups excluding carboxylic acids is 1. The van der Waals surface area contributed by atoms with Crippen molar-refractivity contribution in [1.29, 1.82) is 0 Å². The first-order chi connectivity index (χ1) is 7.58. The van der Waals surface area contributed by atoms with E-state index < -0.39 is 0 Å². The summed E-state index contributed by atoms with van der Waals surface area (Å²) in [6.07, 6.45) is 6.97. The Bertz CT molecular complexity index is 212. The van der Waals surface area contributed by atoms with Gasteiger partial charge in [0.25, 0.3) is 0 Å². The second kappa shape index (κ2) is 7.31. The van der Waals surface area contributed by atoms with Crippen LogP contribution in [0, 0.1) is 11.8 Å². The van der Waals surface area contributed by atoms with Crippen LogP contribution in [0.25, 0.3) is 0 Å². The van der Waals surface area contributed by atoms with Crippen molar-refractivity contribution in [3.8, 4) is 0 Å². The molecule has 0 aromatic rings. The van der Waals surface area contributed by atoms with Crippen LogP contribution in [0.4, 0.5) is 0 Å². The Morgan fingerprint density at radius 1 is 1.38 bits per heavy atom. The van der Waals surface area contributed by atoms with Crippen molar-refractivity contribution >= 4 is 21.8 Å². The summed E-state index contributed by atoms with van der Waals surface area (Å²) in [5, 5.41) is 3.03. The molecule has 0 aliphatic heterocycles. The fraction of sp³-hybridized carbons (Fsp3) is 0.923. The van der Waals surface area contributed by atoms with Crippen LogP contribution in [0.1, 0.15) is 52.4 Å². The predicted molar refractivity (Wildman–Crippen MR) is 71.8 cm³/mol. The number of alkyl halides is 1. The van der Waals surface area contributed by atoms with E-state index in [9.17, 15) is 4.79 Å². The van der Waals surface area contributed by atoms with E-state index in [2.05, 4.69) is 35.1 Å². The van der Waals surface area contributed by atoms with Gasteiger partial charge in [-0.05, 0) is 31.1 Å². The normalized spacial score (nSPS) is 19.0. The van der Waals surface area contributed by atoms with Crippen molar-refractivity contribution in [1.82, 2.24) is 5.32 Å². The van der Waals surface area contributed by atoms with Gasteiger partial charge in [-0.3, -0.25) is 4.79 Å². The van der Waals surface area contributed by atoms with Gasteiger partial charge in [-0.1, -0.05) is 42.6 Å². The Morgan fingerprint density at radius 3 is 2.56 bits per heavy atom. The molecule has 0 aromatic carbocycles. The van der Waals surface area contributed by atoms with Crippen molar-refractivity contribution in [3.05, 3.63) is 0 Å². The van der Waals surface area contributed by atoms with E-state index in [4.69, 9.17) is 0 Å². The van der Waals surface area contributed by atoms with Gasteiger partial charge in [0.2, 0.25) is 5.91 Å². The van der Waals surface area contributed by atoms with Crippen LogP contribution in [0.5, 0.6) is 0 Å². The largest absolute Gasteiger partial charge is 0.355 e. The van der Waals surface area contributed by atoms with Crippen molar-refractivity contribution in [2.45, 2.75) is 57.2 Å². The minimum atomic E-state index is 0.236. The summed E-state index contributed by atoms with van der Waals surface area (Å²) in [7, 11) is 0. The Hall–Kier alpha value is -0.0500. The van der Waals surface area contributed by atoms with Crippen molar-refractivity contribution < 1.29 is 4.79 Å². The highest BCUT2D eigenvalue weighted by atomic mass is 79.9. The van der Waals surface area contributed by atoms with Gasteiger partial charge in [0.15, 0.2) is 0 Å². The molecule has 3 heteroatoms. The smallest absolute Gasteiger partial charge is 0.220 e. The van der Waals surface area contributed by atoms with E-state index in [-0.39, 0.29) is 5.91 Å². The highest BCUT2D eigenvalue weighted by Gasteiger charge is 2.18. The van der Waals surface area contributed by atoms with Gasteiger partial charge in [0.05, 0.1) is 0 Å². The van der Waals surface area contributed by atoms with Gasteiger partial charge in [-0.2, -0.15) is 0 Å². The number of hydrogen-bond acceptors (Lipinski definition) is 1. The van der Waals surface area contributed by atoms with Crippen LogP contribution in [0.2, 0.25) is 0 Å². The first-order valence-electron chi connectivity index (χ1n) is 6.48. The molecule has 0 saturated heterocycles. The lowest BCUT2D eigenvalue weighted by atomic mass is 10.0. The molecule has 2 nitrogen and oxygen atoms in total. The molecule has 0 radical (unpaired) electrons. The van der Waals surface area contributed by atoms with E-state index >= 15 is 0 Å². The fourth-order valence-electron chi connectivity index (χ4n) is 2.37. The standard InChI is InChI=1S/C13H24BrNO/c1-10(2)7-12(14)9-15-13(16)8-11-5-3-4-6-11/h10-12H,3-9H2,1-2H3,(H,15,16). The first kappa shape index (κ1) is 14.0. The minimum Gasteiger partial charge on any atom is -0.355 e. The van der Waals surface area contributed by atoms with E-state index in [1.54, 1.807) is 0 Å². The Kier molecular flexibility index (Phi) is 6.40. The summed E-state index contributed by atoms with van der Waals surface area (Å²) in [6.45, 7) is 5.17. The third-order valence-electron chi connectivity index (χ3n) is 3.20. The zero-order chi connectivity index (χ0) is 12.0. The second-order valence-electron chi connectivity index (χ2n) is 5.39. The van der Waals surface area contributed by atoms with Crippen LogP contribution < -0.4 is 5.32 Å². The maximum absolute atomic E-state index is 11.7. The van der Waals surface area contributed by atoms with Crippen molar-refractivity contribution in [2.24, 2.45) is 11.8 Å². The average Bonchev–Trinajstić information content (AvgIpc) is 2.66. The summed E-state index contributed by atoms with van der Waals surface area (Å²) in [5.41, 5.74) is 0. The van der Waals surface area contributed by atoms with Gasteiger partial charge in [0, 0.05) is 17.8 Å². The number of hydrogen-bond donors (Lipinski definition) is 1. The Morgan fingerprint density at radius 2 is 2.00 bits per heavy atom. The third-order valence-corrected chi connectivity index (χ3v) is 3.89. The SMILES string of the molecule is CC(C)CC(Br)CNC(=O)CC1CCCC1. The van der Waals surface area contributed by atoms with E-state index in [1.807, 2.05) is 0 Å². The zero-order valence-corrected chi connectivity index (χ0v) is 12.1. The molecule has 0 heterocycles. The second-order valence-corrected chi connectivity index (χ2v) is 6.68. The van der Waals surface area contributed by atoms with E-state index in [0.717, 1.165) is 19.4 Å².